The van der Waals surface area contributed by atoms with Crippen LogP contribution in [0.4, 0.5) is 5.69 Å². The standard InChI is InChI=1S/C14H21N3O3S/c1-2-10-3-6-12(9-13(10)15)21(19,20)16-8-7-14(18)17-11-4-5-11/h3,6,9,11,16H,2,4-5,7-8,15H2,1H3,(H,17,18). The van der Waals surface area contributed by atoms with E-state index in [1.165, 1.54) is 12.1 Å². The second-order valence-corrected chi connectivity index (χ2v) is 6.97. The second kappa shape index (κ2) is 6.44. The van der Waals surface area contributed by atoms with E-state index >= 15 is 0 Å². The van der Waals surface area contributed by atoms with E-state index in [0.29, 0.717) is 5.69 Å². The number of nitrogens with one attached hydrogen (secondary N) is 2. The van der Waals surface area contributed by atoms with Gasteiger partial charge in [-0.15, -0.1) is 0 Å². The van der Waals surface area contributed by atoms with Crippen molar-refractivity contribution in [3.8, 4) is 0 Å². The summed E-state index contributed by atoms with van der Waals surface area (Å²) in [5.74, 6) is -0.124. The van der Waals surface area contributed by atoms with Gasteiger partial charge in [-0.05, 0) is 37.0 Å². The Hall–Kier alpha value is -1.60. The van der Waals surface area contributed by atoms with E-state index in [9.17, 15) is 13.2 Å². The van der Waals surface area contributed by atoms with E-state index in [2.05, 4.69) is 10.0 Å². The highest BCUT2D eigenvalue weighted by Gasteiger charge is 2.23. The zero-order valence-electron chi connectivity index (χ0n) is 12.1. The number of anilines is 1. The van der Waals surface area contributed by atoms with E-state index in [1.807, 2.05) is 6.92 Å². The Morgan fingerprint density at radius 1 is 1.38 bits per heavy atom. The Balaban J connectivity index is 1.91. The number of sulfonamides is 1. The van der Waals surface area contributed by atoms with Gasteiger partial charge < -0.3 is 11.1 Å². The third-order valence-corrected chi connectivity index (χ3v) is 4.85. The molecule has 1 aromatic rings. The Kier molecular flexibility index (Phi) is 4.84. The minimum absolute atomic E-state index is 0.0797. The van der Waals surface area contributed by atoms with Gasteiger partial charge in [-0.3, -0.25) is 4.79 Å². The summed E-state index contributed by atoms with van der Waals surface area (Å²) in [4.78, 5) is 11.6. The first kappa shape index (κ1) is 15.8. The monoisotopic (exact) mass is 311 g/mol. The molecule has 0 radical (unpaired) electrons. The number of rotatable bonds is 7. The predicted molar refractivity (Wildman–Crippen MR) is 81.2 cm³/mol. The zero-order valence-corrected chi connectivity index (χ0v) is 12.9. The molecule has 1 amide bonds. The molecule has 0 bridgehead atoms. The van der Waals surface area contributed by atoms with Crippen molar-refractivity contribution in [1.29, 1.82) is 0 Å². The number of carbonyl (C=O) groups excluding carboxylic acids is 1. The van der Waals surface area contributed by atoms with Crippen molar-refractivity contribution in [3.05, 3.63) is 23.8 Å². The molecule has 4 N–H and O–H groups in total. The van der Waals surface area contributed by atoms with Gasteiger partial charge in [0.2, 0.25) is 15.9 Å². The fourth-order valence-electron chi connectivity index (χ4n) is 1.97. The first-order valence-corrected chi connectivity index (χ1v) is 8.58. The minimum Gasteiger partial charge on any atom is -0.398 e. The number of hydrogen-bond donors (Lipinski definition) is 3. The summed E-state index contributed by atoms with van der Waals surface area (Å²) in [6.07, 6.45) is 2.92. The SMILES string of the molecule is CCc1ccc(S(=O)(=O)NCCC(=O)NC2CC2)cc1N. The summed E-state index contributed by atoms with van der Waals surface area (Å²) in [5, 5.41) is 2.81. The smallest absolute Gasteiger partial charge is 0.240 e. The highest BCUT2D eigenvalue weighted by atomic mass is 32.2. The zero-order chi connectivity index (χ0) is 15.5. The van der Waals surface area contributed by atoms with Gasteiger partial charge in [-0.2, -0.15) is 0 Å². The number of benzene rings is 1. The molecule has 1 fully saturated rings. The van der Waals surface area contributed by atoms with Crippen LogP contribution in [-0.2, 0) is 21.2 Å². The molecule has 116 valence electrons. The van der Waals surface area contributed by atoms with Crippen molar-refractivity contribution in [1.82, 2.24) is 10.0 Å². The average molecular weight is 311 g/mol. The van der Waals surface area contributed by atoms with Crippen LogP contribution in [0.25, 0.3) is 0 Å². The lowest BCUT2D eigenvalue weighted by Crippen LogP contribution is -2.31. The van der Waals surface area contributed by atoms with Gasteiger partial charge in [0.15, 0.2) is 0 Å². The normalized spacial score (nSPS) is 14.9. The van der Waals surface area contributed by atoms with Crippen molar-refractivity contribution in [2.75, 3.05) is 12.3 Å². The van der Waals surface area contributed by atoms with Crippen LogP contribution in [0, 0.1) is 0 Å². The van der Waals surface area contributed by atoms with Gasteiger partial charge in [-0.1, -0.05) is 13.0 Å². The van der Waals surface area contributed by atoms with Gasteiger partial charge in [0.25, 0.3) is 0 Å². The molecule has 0 heterocycles. The van der Waals surface area contributed by atoms with Crippen LogP contribution in [-0.4, -0.2) is 26.9 Å². The topological polar surface area (TPSA) is 101 Å². The van der Waals surface area contributed by atoms with Gasteiger partial charge in [0.05, 0.1) is 4.90 Å². The van der Waals surface area contributed by atoms with Crippen LogP contribution in [0.2, 0.25) is 0 Å². The summed E-state index contributed by atoms with van der Waals surface area (Å²) in [6, 6.07) is 4.98. The fourth-order valence-corrected chi connectivity index (χ4v) is 3.04. The van der Waals surface area contributed by atoms with Gasteiger partial charge in [-0.25, -0.2) is 13.1 Å². The largest absolute Gasteiger partial charge is 0.398 e. The highest BCUT2D eigenvalue weighted by molar-refractivity contribution is 7.89. The molecule has 0 saturated heterocycles. The lowest BCUT2D eigenvalue weighted by molar-refractivity contribution is -0.121. The molecule has 2 rings (SSSR count). The number of nitrogens with two attached hydrogens (primary N) is 1. The van der Waals surface area contributed by atoms with E-state index in [1.54, 1.807) is 6.07 Å². The van der Waals surface area contributed by atoms with Gasteiger partial charge >= 0.3 is 0 Å². The number of carbonyl (C=O) groups is 1. The molecule has 0 unspecified atom stereocenters. The Morgan fingerprint density at radius 3 is 2.67 bits per heavy atom. The summed E-state index contributed by atoms with van der Waals surface area (Å²) in [7, 11) is -3.63. The van der Waals surface area contributed by atoms with Crippen molar-refractivity contribution in [2.24, 2.45) is 0 Å². The summed E-state index contributed by atoms with van der Waals surface area (Å²) in [6.45, 7) is 2.03. The van der Waals surface area contributed by atoms with Crippen molar-refractivity contribution >= 4 is 21.6 Å². The van der Waals surface area contributed by atoms with Crippen LogP contribution in [0.1, 0.15) is 31.7 Å². The lowest BCUT2D eigenvalue weighted by atomic mass is 10.1. The molecule has 1 aliphatic carbocycles. The fraction of sp³-hybridized carbons (Fsp3) is 0.500. The number of amides is 1. The highest BCUT2D eigenvalue weighted by Crippen LogP contribution is 2.19. The quantitative estimate of drug-likeness (QED) is 0.648. The van der Waals surface area contributed by atoms with Gasteiger partial charge in [0, 0.05) is 24.7 Å². The van der Waals surface area contributed by atoms with E-state index < -0.39 is 10.0 Å². The van der Waals surface area contributed by atoms with Crippen LogP contribution < -0.4 is 15.8 Å². The lowest BCUT2D eigenvalue weighted by Gasteiger charge is -2.09. The molecule has 1 saturated carbocycles. The summed E-state index contributed by atoms with van der Waals surface area (Å²) in [5.41, 5.74) is 7.19. The molecule has 21 heavy (non-hydrogen) atoms. The van der Waals surface area contributed by atoms with Crippen LogP contribution >= 0.6 is 0 Å². The number of aryl methyl sites for hydroxylation is 1. The third kappa shape index (κ3) is 4.44. The Morgan fingerprint density at radius 2 is 2.10 bits per heavy atom. The Bertz CT molecular complexity index is 624. The third-order valence-electron chi connectivity index (χ3n) is 3.40. The van der Waals surface area contributed by atoms with Crippen molar-refractivity contribution in [3.63, 3.8) is 0 Å². The van der Waals surface area contributed by atoms with Crippen molar-refractivity contribution in [2.45, 2.75) is 43.5 Å². The summed E-state index contributed by atoms with van der Waals surface area (Å²) < 4.78 is 26.6. The first-order chi connectivity index (χ1) is 9.92. The van der Waals surface area contributed by atoms with E-state index in [-0.39, 0.29) is 29.8 Å². The van der Waals surface area contributed by atoms with E-state index in [4.69, 9.17) is 5.73 Å². The molecular weight excluding hydrogens is 290 g/mol. The molecule has 0 aromatic heterocycles. The van der Waals surface area contributed by atoms with Crippen LogP contribution in [0.3, 0.4) is 0 Å². The maximum absolute atomic E-state index is 12.1. The molecule has 0 spiro atoms. The number of hydrogen-bond acceptors (Lipinski definition) is 4. The maximum atomic E-state index is 12.1. The average Bonchev–Trinajstić information content (AvgIpc) is 3.22. The van der Waals surface area contributed by atoms with Crippen LogP contribution in [0.15, 0.2) is 23.1 Å². The minimum atomic E-state index is -3.63. The van der Waals surface area contributed by atoms with Crippen LogP contribution in [0.5, 0.6) is 0 Å². The predicted octanol–water partition coefficient (Wildman–Crippen LogP) is 0.778. The second-order valence-electron chi connectivity index (χ2n) is 5.20. The molecule has 1 aromatic carbocycles. The Labute approximate surface area is 125 Å². The van der Waals surface area contributed by atoms with Crippen molar-refractivity contribution < 1.29 is 13.2 Å². The molecule has 1 aliphatic rings. The molecule has 7 heteroatoms. The molecular formula is C14H21N3O3S. The molecule has 0 aliphatic heterocycles. The maximum Gasteiger partial charge on any atom is 0.240 e. The first-order valence-electron chi connectivity index (χ1n) is 7.10. The summed E-state index contributed by atoms with van der Waals surface area (Å²) >= 11 is 0. The molecule has 0 atom stereocenters. The number of nitrogen functional groups attached to an aromatic ring is 1. The van der Waals surface area contributed by atoms with E-state index in [0.717, 1.165) is 24.8 Å². The van der Waals surface area contributed by atoms with Gasteiger partial charge in [0.1, 0.15) is 0 Å². The molecule has 6 nitrogen and oxygen atoms in total.